The topological polar surface area (TPSA) is 133 Å². The smallest absolute Gasteiger partial charge is 0.348 e. The number of nitrogens with zero attached hydrogens (tertiary/aromatic N) is 7. The Morgan fingerprint density at radius 1 is 0.955 bits per heavy atom. The van der Waals surface area contributed by atoms with Gasteiger partial charge in [-0.1, -0.05) is 46.9 Å². The summed E-state index contributed by atoms with van der Waals surface area (Å²) in [7, 11) is 0. The van der Waals surface area contributed by atoms with Crippen molar-refractivity contribution in [1.82, 2.24) is 40.3 Å². The van der Waals surface area contributed by atoms with E-state index in [-0.39, 0.29) is 51.6 Å². The Morgan fingerprint density at radius 3 is 2.45 bits per heavy atom. The summed E-state index contributed by atoms with van der Waals surface area (Å²) in [6.45, 7) is 1.44. The van der Waals surface area contributed by atoms with Crippen molar-refractivity contribution in [3.63, 3.8) is 0 Å². The van der Waals surface area contributed by atoms with Crippen molar-refractivity contribution < 1.29 is 22.8 Å². The number of anilines is 1. The Hall–Kier alpha value is -4.53. The fourth-order valence-electron chi connectivity index (χ4n) is 4.12. The maximum atomic E-state index is 13.7. The van der Waals surface area contributed by atoms with Gasteiger partial charge in [-0.3, -0.25) is 9.59 Å². The van der Waals surface area contributed by atoms with Gasteiger partial charge in [-0.2, -0.15) is 23.1 Å². The van der Waals surface area contributed by atoms with Gasteiger partial charge in [-0.25, -0.2) is 9.67 Å². The van der Waals surface area contributed by atoms with Crippen LogP contribution in [0.1, 0.15) is 43.5 Å². The highest BCUT2D eigenvalue weighted by atomic mass is 35.5. The molecule has 0 atom stereocenters. The van der Waals surface area contributed by atoms with Crippen LogP contribution in [0.5, 0.6) is 0 Å². The highest BCUT2D eigenvalue weighted by Gasteiger charge is 2.37. The normalized spacial score (nSPS) is 11.4. The molecule has 3 aromatic heterocycles. The van der Waals surface area contributed by atoms with E-state index in [0.29, 0.717) is 15.4 Å². The minimum Gasteiger partial charge on any atom is -0.348 e. The molecule has 0 saturated heterocycles. The number of aryl methyl sites for hydroxylation is 1. The van der Waals surface area contributed by atoms with Crippen LogP contribution in [0, 0.1) is 6.92 Å². The van der Waals surface area contributed by atoms with Gasteiger partial charge in [0.1, 0.15) is 12.2 Å². The van der Waals surface area contributed by atoms with E-state index in [1.807, 2.05) is 0 Å². The number of carbonyl (C=O) groups is 2. The van der Waals surface area contributed by atoms with Gasteiger partial charge in [-0.15, -0.1) is 10.2 Å². The van der Waals surface area contributed by atoms with E-state index in [1.54, 1.807) is 43.3 Å². The van der Waals surface area contributed by atoms with Crippen LogP contribution in [0.2, 0.25) is 15.1 Å². The Balaban J connectivity index is 1.47. The number of hydrogen-bond acceptors (Lipinski definition) is 7. The minimum atomic E-state index is -4.79. The van der Waals surface area contributed by atoms with Crippen LogP contribution < -0.4 is 10.6 Å². The molecule has 0 fully saturated rings. The SMILES string of the molecule is Cc1cc(Cl)cc(C(=O)NCc2cccc(Cl)c2)c1NC(=O)c1cc(Cn2nnc(C(F)(F)F)n2)nn1-c1ncccc1Cl. The summed E-state index contributed by atoms with van der Waals surface area (Å²) in [6, 6.07) is 14.3. The molecule has 11 nitrogen and oxygen atoms in total. The summed E-state index contributed by atoms with van der Waals surface area (Å²) >= 11 is 18.6. The number of benzene rings is 2. The first-order chi connectivity index (χ1) is 20.9. The molecule has 0 bridgehead atoms. The van der Waals surface area contributed by atoms with Gasteiger partial charge in [0, 0.05) is 22.8 Å². The second-order valence-corrected chi connectivity index (χ2v) is 10.6. The van der Waals surface area contributed by atoms with Crippen molar-refractivity contribution in [2.24, 2.45) is 0 Å². The Morgan fingerprint density at radius 2 is 1.75 bits per heavy atom. The molecule has 2 aromatic carbocycles. The number of aromatic nitrogens is 7. The predicted octanol–water partition coefficient (Wildman–Crippen LogP) is 5.77. The first-order valence-electron chi connectivity index (χ1n) is 12.6. The van der Waals surface area contributed by atoms with E-state index in [4.69, 9.17) is 34.8 Å². The molecular formula is C27H19Cl3F3N9O2. The molecule has 44 heavy (non-hydrogen) atoms. The standard InChI is InChI=1S/C27H19Cl3F3N9O2/c1-14-8-17(29)10-19(24(43)35-12-15-4-2-5-16(28)9-15)22(14)36-25(44)21-11-18(13-41-39-26(37-40-41)27(31,32)33)38-42(21)23-20(30)6-3-7-34-23/h2-11H,12-13H2,1H3,(H,35,43)(H,36,44). The van der Waals surface area contributed by atoms with Crippen molar-refractivity contribution in [1.29, 1.82) is 0 Å². The lowest BCUT2D eigenvalue weighted by Gasteiger charge is -2.15. The highest BCUT2D eigenvalue weighted by Crippen LogP contribution is 2.28. The Kier molecular flexibility index (Phi) is 8.85. The zero-order chi connectivity index (χ0) is 31.6. The third kappa shape index (κ3) is 6.98. The maximum absolute atomic E-state index is 13.7. The van der Waals surface area contributed by atoms with Crippen molar-refractivity contribution in [3.05, 3.63) is 110 Å². The molecule has 0 aliphatic rings. The molecule has 2 N–H and O–H groups in total. The first-order valence-corrected chi connectivity index (χ1v) is 13.7. The average molecular weight is 665 g/mol. The van der Waals surface area contributed by atoms with Crippen LogP contribution in [-0.2, 0) is 19.3 Å². The van der Waals surface area contributed by atoms with Crippen LogP contribution in [0.4, 0.5) is 18.9 Å². The van der Waals surface area contributed by atoms with E-state index in [1.165, 1.54) is 24.4 Å². The van der Waals surface area contributed by atoms with Gasteiger partial charge in [0.15, 0.2) is 5.82 Å². The number of nitrogens with one attached hydrogen (secondary N) is 2. The molecule has 0 unspecified atom stereocenters. The van der Waals surface area contributed by atoms with E-state index in [2.05, 4.69) is 36.1 Å². The summed E-state index contributed by atoms with van der Waals surface area (Å²) in [5.41, 5.74) is 1.47. The van der Waals surface area contributed by atoms with Crippen LogP contribution in [0.15, 0.2) is 60.8 Å². The quantitative estimate of drug-likeness (QED) is 0.215. The van der Waals surface area contributed by atoms with E-state index in [0.717, 1.165) is 10.2 Å². The van der Waals surface area contributed by atoms with Gasteiger partial charge in [0.05, 0.1) is 22.0 Å². The van der Waals surface area contributed by atoms with Gasteiger partial charge < -0.3 is 10.6 Å². The molecule has 226 valence electrons. The van der Waals surface area contributed by atoms with Crippen LogP contribution in [0.3, 0.4) is 0 Å². The third-order valence-corrected chi connectivity index (χ3v) is 6.82. The average Bonchev–Trinajstić information content (AvgIpc) is 3.61. The summed E-state index contributed by atoms with van der Waals surface area (Å²) in [5.74, 6) is -2.62. The number of pyridine rings is 1. The number of carbonyl (C=O) groups excluding carboxylic acids is 2. The van der Waals surface area contributed by atoms with E-state index >= 15 is 0 Å². The predicted molar refractivity (Wildman–Crippen MR) is 155 cm³/mol. The summed E-state index contributed by atoms with van der Waals surface area (Å²) in [5, 5.41) is 20.5. The molecule has 5 aromatic rings. The van der Waals surface area contributed by atoms with Crippen LogP contribution >= 0.6 is 34.8 Å². The number of tetrazole rings is 1. The number of alkyl halides is 3. The number of halogens is 6. The second-order valence-electron chi connectivity index (χ2n) is 9.29. The lowest BCUT2D eigenvalue weighted by Crippen LogP contribution is -2.26. The van der Waals surface area contributed by atoms with Gasteiger partial charge in [0.25, 0.3) is 17.6 Å². The van der Waals surface area contributed by atoms with E-state index in [9.17, 15) is 22.8 Å². The fourth-order valence-corrected chi connectivity index (χ4v) is 4.81. The third-order valence-electron chi connectivity index (χ3n) is 6.07. The largest absolute Gasteiger partial charge is 0.455 e. The molecule has 2 amide bonds. The first kappa shape index (κ1) is 30.9. The van der Waals surface area contributed by atoms with Crippen molar-refractivity contribution in [2.45, 2.75) is 26.2 Å². The zero-order valence-corrected chi connectivity index (χ0v) is 24.7. The monoisotopic (exact) mass is 663 g/mol. The number of rotatable bonds is 8. The number of hydrogen-bond donors (Lipinski definition) is 2. The molecule has 0 spiro atoms. The lowest BCUT2D eigenvalue weighted by molar-refractivity contribution is -0.145. The summed E-state index contributed by atoms with van der Waals surface area (Å²) < 4.78 is 40.0. The molecule has 3 heterocycles. The maximum Gasteiger partial charge on any atom is 0.455 e. The summed E-state index contributed by atoms with van der Waals surface area (Å²) in [4.78, 5) is 31.9. The van der Waals surface area contributed by atoms with E-state index < -0.39 is 23.8 Å². The molecule has 0 aliphatic heterocycles. The molecular weight excluding hydrogens is 646 g/mol. The van der Waals surface area contributed by atoms with Crippen molar-refractivity contribution >= 4 is 52.3 Å². The molecule has 0 radical (unpaired) electrons. The minimum absolute atomic E-state index is 0.0698. The second kappa shape index (κ2) is 12.6. The van der Waals surface area contributed by atoms with Crippen LogP contribution in [0.25, 0.3) is 5.82 Å². The van der Waals surface area contributed by atoms with Gasteiger partial charge >= 0.3 is 6.18 Å². The molecule has 0 saturated carbocycles. The Bertz CT molecular complexity index is 1870. The molecule has 17 heteroatoms. The van der Waals surface area contributed by atoms with Crippen molar-refractivity contribution in [3.8, 4) is 5.82 Å². The number of amides is 2. The van der Waals surface area contributed by atoms with Crippen LogP contribution in [-0.4, -0.2) is 46.8 Å². The highest BCUT2D eigenvalue weighted by molar-refractivity contribution is 6.32. The zero-order valence-electron chi connectivity index (χ0n) is 22.4. The van der Waals surface area contributed by atoms with Crippen molar-refractivity contribution in [2.75, 3.05) is 5.32 Å². The van der Waals surface area contributed by atoms with Gasteiger partial charge in [-0.05, 0) is 65.7 Å². The lowest BCUT2D eigenvalue weighted by atomic mass is 10.1. The summed E-state index contributed by atoms with van der Waals surface area (Å²) in [6.07, 6.45) is -3.37. The fraction of sp³-hybridized carbons (Fsp3) is 0.148. The molecule has 0 aliphatic carbocycles. The van der Waals surface area contributed by atoms with Gasteiger partial charge in [0.2, 0.25) is 0 Å². The molecule has 5 rings (SSSR count). The Labute approximate surface area is 261 Å².